The number of rotatable bonds is 4. The van der Waals surface area contributed by atoms with E-state index in [4.69, 9.17) is 9.97 Å². The molecule has 4 heteroatoms. The van der Waals surface area contributed by atoms with E-state index in [9.17, 15) is 0 Å². The zero-order valence-electron chi connectivity index (χ0n) is 15.5. The molecule has 2 aromatic rings. The van der Waals surface area contributed by atoms with Crippen LogP contribution in [0.1, 0.15) is 38.7 Å². The predicted octanol–water partition coefficient (Wildman–Crippen LogP) is 3.90. The van der Waals surface area contributed by atoms with E-state index in [0.717, 1.165) is 24.6 Å². The molecular formula is C21H28N4. The van der Waals surface area contributed by atoms with Gasteiger partial charge in [-0.2, -0.15) is 0 Å². The molecule has 25 heavy (non-hydrogen) atoms. The minimum absolute atomic E-state index is 0.568. The summed E-state index contributed by atoms with van der Waals surface area (Å²) >= 11 is 0. The monoisotopic (exact) mass is 336 g/mol. The molecule has 132 valence electrons. The Balaban J connectivity index is 1.52. The summed E-state index contributed by atoms with van der Waals surface area (Å²) in [5.41, 5.74) is 3.55. The van der Waals surface area contributed by atoms with E-state index in [1.165, 1.54) is 30.4 Å². The van der Waals surface area contributed by atoms with Gasteiger partial charge in [-0.25, -0.2) is 9.97 Å². The van der Waals surface area contributed by atoms with Gasteiger partial charge in [-0.05, 0) is 38.7 Å². The van der Waals surface area contributed by atoms with Crippen molar-refractivity contribution >= 4 is 5.95 Å². The van der Waals surface area contributed by atoms with Crippen molar-refractivity contribution < 1.29 is 0 Å². The van der Waals surface area contributed by atoms with Crippen LogP contribution in [0.4, 0.5) is 5.95 Å². The lowest BCUT2D eigenvalue weighted by Gasteiger charge is -2.43. The van der Waals surface area contributed by atoms with Gasteiger partial charge in [-0.3, -0.25) is 4.90 Å². The molecule has 0 radical (unpaired) electrons. The van der Waals surface area contributed by atoms with E-state index in [1.54, 1.807) is 0 Å². The topological polar surface area (TPSA) is 32.3 Å². The number of hydrogen-bond acceptors (Lipinski definition) is 4. The van der Waals surface area contributed by atoms with E-state index in [1.807, 2.05) is 12.4 Å². The molecule has 2 bridgehead atoms. The van der Waals surface area contributed by atoms with Gasteiger partial charge in [-0.15, -0.1) is 0 Å². The Labute approximate surface area is 150 Å². The fourth-order valence-electron chi connectivity index (χ4n) is 4.23. The first-order valence-corrected chi connectivity index (χ1v) is 9.57. The molecule has 2 aliphatic rings. The van der Waals surface area contributed by atoms with Crippen molar-refractivity contribution in [3.63, 3.8) is 0 Å². The summed E-state index contributed by atoms with van der Waals surface area (Å²) in [7, 11) is 0. The second-order valence-electron chi connectivity index (χ2n) is 7.64. The van der Waals surface area contributed by atoms with Gasteiger partial charge in [0.2, 0.25) is 5.95 Å². The van der Waals surface area contributed by atoms with Gasteiger partial charge in [0.15, 0.2) is 0 Å². The zero-order chi connectivity index (χ0) is 17.4. The smallest absolute Gasteiger partial charge is 0.225 e. The first-order valence-electron chi connectivity index (χ1n) is 9.57. The number of nitrogens with zero attached hydrogens (tertiary/aromatic N) is 4. The fourth-order valence-corrected chi connectivity index (χ4v) is 4.23. The average molecular weight is 336 g/mol. The van der Waals surface area contributed by atoms with Crippen LogP contribution in [0.3, 0.4) is 0 Å². The van der Waals surface area contributed by atoms with Gasteiger partial charge in [0, 0.05) is 49.2 Å². The van der Waals surface area contributed by atoms with E-state index >= 15 is 0 Å². The lowest BCUT2D eigenvalue weighted by Crippen LogP contribution is -2.56. The number of aromatic nitrogens is 2. The van der Waals surface area contributed by atoms with Crippen LogP contribution in [0.2, 0.25) is 0 Å². The van der Waals surface area contributed by atoms with Crippen LogP contribution in [-0.2, 0) is 0 Å². The van der Waals surface area contributed by atoms with E-state index in [0.29, 0.717) is 18.1 Å². The van der Waals surface area contributed by atoms with Crippen LogP contribution in [0.25, 0.3) is 11.1 Å². The number of anilines is 1. The molecule has 0 saturated carbocycles. The van der Waals surface area contributed by atoms with Crippen molar-refractivity contribution in [2.45, 2.75) is 58.2 Å². The molecule has 0 spiro atoms. The van der Waals surface area contributed by atoms with Crippen molar-refractivity contribution in [1.82, 2.24) is 14.9 Å². The van der Waals surface area contributed by atoms with Gasteiger partial charge < -0.3 is 4.90 Å². The molecule has 3 unspecified atom stereocenters. The Bertz CT molecular complexity index is 696. The number of fused-ring (bicyclic) bond motifs is 2. The highest BCUT2D eigenvalue weighted by molar-refractivity contribution is 5.62. The number of piperazine rings is 1. The molecule has 3 heterocycles. The number of hydrogen-bond donors (Lipinski definition) is 0. The predicted molar refractivity (Wildman–Crippen MR) is 103 cm³/mol. The molecular weight excluding hydrogens is 308 g/mol. The summed E-state index contributed by atoms with van der Waals surface area (Å²) in [4.78, 5) is 14.6. The molecule has 1 aromatic carbocycles. The maximum Gasteiger partial charge on any atom is 0.225 e. The van der Waals surface area contributed by atoms with Crippen molar-refractivity contribution in [3.8, 4) is 11.1 Å². The SMILES string of the molecule is CCC(C)N1CC2CCC(C1)N2c1ncc(-c2ccc(C)cc2)cn1. The molecule has 4 rings (SSSR count). The maximum atomic E-state index is 4.73. The summed E-state index contributed by atoms with van der Waals surface area (Å²) < 4.78 is 0. The van der Waals surface area contributed by atoms with Crippen LogP contribution < -0.4 is 4.90 Å². The Morgan fingerprint density at radius 3 is 2.16 bits per heavy atom. The molecule has 0 amide bonds. The molecule has 2 aliphatic heterocycles. The standard InChI is InChI=1S/C21H28N4/c1-4-16(3)24-13-19-9-10-20(14-24)25(19)21-22-11-18(12-23-21)17-7-5-15(2)6-8-17/h5-8,11-12,16,19-20H,4,9-10,13-14H2,1-3H3. The van der Waals surface area contributed by atoms with Crippen LogP contribution in [0, 0.1) is 6.92 Å². The molecule has 3 atom stereocenters. The van der Waals surface area contributed by atoms with Gasteiger partial charge in [0.25, 0.3) is 0 Å². The van der Waals surface area contributed by atoms with E-state index < -0.39 is 0 Å². The Morgan fingerprint density at radius 1 is 1.00 bits per heavy atom. The van der Waals surface area contributed by atoms with E-state index in [2.05, 4.69) is 54.8 Å². The van der Waals surface area contributed by atoms with Crippen LogP contribution in [-0.4, -0.2) is 46.1 Å². The lowest BCUT2D eigenvalue weighted by molar-refractivity contribution is 0.162. The summed E-state index contributed by atoms with van der Waals surface area (Å²) in [6, 6.07) is 10.4. The Hall–Kier alpha value is -1.94. The number of aryl methyl sites for hydroxylation is 1. The third-order valence-electron chi connectivity index (χ3n) is 5.98. The molecule has 2 fully saturated rings. The van der Waals surface area contributed by atoms with Crippen molar-refractivity contribution in [2.24, 2.45) is 0 Å². The minimum Gasteiger partial charge on any atom is -0.332 e. The summed E-state index contributed by atoms with van der Waals surface area (Å²) in [5.74, 6) is 0.909. The Kier molecular flexibility index (Phi) is 4.46. The average Bonchev–Trinajstić information content (AvgIpc) is 2.91. The summed E-state index contributed by atoms with van der Waals surface area (Å²) in [6.45, 7) is 9.04. The quantitative estimate of drug-likeness (QED) is 0.847. The minimum atomic E-state index is 0.568. The van der Waals surface area contributed by atoms with E-state index in [-0.39, 0.29) is 0 Å². The van der Waals surface area contributed by atoms with Crippen LogP contribution in [0.15, 0.2) is 36.7 Å². The highest BCUT2D eigenvalue weighted by Gasteiger charge is 2.41. The second-order valence-corrected chi connectivity index (χ2v) is 7.64. The van der Waals surface area contributed by atoms with Gasteiger partial charge in [-0.1, -0.05) is 36.8 Å². The van der Waals surface area contributed by atoms with Crippen molar-refractivity contribution in [1.29, 1.82) is 0 Å². The fraction of sp³-hybridized carbons (Fsp3) is 0.524. The first-order chi connectivity index (χ1) is 12.2. The first kappa shape index (κ1) is 16.5. The second kappa shape index (κ2) is 6.75. The van der Waals surface area contributed by atoms with Gasteiger partial charge in [0.1, 0.15) is 0 Å². The highest BCUT2D eigenvalue weighted by Crippen LogP contribution is 2.34. The largest absolute Gasteiger partial charge is 0.332 e. The van der Waals surface area contributed by atoms with Crippen molar-refractivity contribution in [2.75, 3.05) is 18.0 Å². The molecule has 4 nitrogen and oxygen atoms in total. The van der Waals surface area contributed by atoms with Gasteiger partial charge in [0.05, 0.1) is 0 Å². The van der Waals surface area contributed by atoms with Crippen LogP contribution >= 0.6 is 0 Å². The molecule has 0 aliphatic carbocycles. The van der Waals surface area contributed by atoms with Crippen LogP contribution in [0.5, 0.6) is 0 Å². The number of likely N-dealkylation sites (tertiary alicyclic amines) is 1. The Morgan fingerprint density at radius 2 is 1.60 bits per heavy atom. The molecule has 0 N–H and O–H groups in total. The zero-order valence-corrected chi connectivity index (χ0v) is 15.5. The number of benzene rings is 1. The normalized spacial score (nSPS) is 24.5. The third-order valence-corrected chi connectivity index (χ3v) is 5.98. The summed E-state index contributed by atoms with van der Waals surface area (Å²) in [5, 5.41) is 0. The summed E-state index contributed by atoms with van der Waals surface area (Å²) in [6.07, 6.45) is 7.71. The maximum absolute atomic E-state index is 4.73. The lowest BCUT2D eigenvalue weighted by atomic mass is 10.1. The van der Waals surface area contributed by atoms with Crippen molar-refractivity contribution in [3.05, 3.63) is 42.2 Å². The van der Waals surface area contributed by atoms with Gasteiger partial charge >= 0.3 is 0 Å². The third kappa shape index (κ3) is 3.15. The highest BCUT2D eigenvalue weighted by atomic mass is 15.4. The molecule has 2 saturated heterocycles. The molecule has 1 aromatic heterocycles.